The van der Waals surface area contributed by atoms with Crippen molar-refractivity contribution in [2.24, 2.45) is 0 Å². The van der Waals surface area contributed by atoms with Crippen LogP contribution in [-0.4, -0.2) is 27.0 Å². The Bertz CT molecular complexity index is 950. The predicted molar refractivity (Wildman–Crippen MR) is 95.9 cm³/mol. The maximum absolute atomic E-state index is 9.84. The quantitative estimate of drug-likeness (QED) is 0.750. The summed E-state index contributed by atoms with van der Waals surface area (Å²) in [5.41, 5.74) is 2.83. The van der Waals surface area contributed by atoms with Crippen LogP contribution in [0.1, 0.15) is 17.2 Å². The fourth-order valence-electron chi connectivity index (χ4n) is 2.85. The first-order valence-corrected chi connectivity index (χ1v) is 8.04. The van der Waals surface area contributed by atoms with Gasteiger partial charge in [-0.25, -0.2) is 4.68 Å². The van der Waals surface area contributed by atoms with E-state index in [1.807, 2.05) is 30.3 Å². The first-order valence-electron chi connectivity index (χ1n) is 7.67. The van der Waals surface area contributed by atoms with Crippen molar-refractivity contribution in [1.82, 2.24) is 14.8 Å². The van der Waals surface area contributed by atoms with Crippen LogP contribution < -0.4 is 10.1 Å². The summed E-state index contributed by atoms with van der Waals surface area (Å²) in [5, 5.41) is 18.1. The topological polar surface area (TPSA) is 72.2 Å². The summed E-state index contributed by atoms with van der Waals surface area (Å²) in [4.78, 5) is 4.28. The number of aromatic nitrogens is 3. The van der Waals surface area contributed by atoms with Gasteiger partial charge in [-0.3, -0.25) is 0 Å². The number of hydrogen-bond donors (Lipinski definition) is 2. The Morgan fingerprint density at radius 3 is 2.76 bits per heavy atom. The molecule has 0 unspecified atom stereocenters. The number of aromatic hydroxyl groups is 1. The second-order valence-corrected chi connectivity index (χ2v) is 6.05. The fourth-order valence-corrected chi connectivity index (χ4v) is 2.97. The molecule has 6 nitrogen and oxygen atoms in total. The molecule has 0 amide bonds. The SMILES string of the molecule is COc1cc([C@@H]2C=C(c3ccc(Cl)cc3)Nc3ncnn32)ccc1O. The smallest absolute Gasteiger partial charge is 0.226 e. The van der Waals surface area contributed by atoms with Gasteiger partial charge in [0.05, 0.1) is 7.11 Å². The Morgan fingerprint density at radius 2 is 2.00 bits per heavy atom. The van der Waals surface area contributed by atoms with Crippen LogP contribution in [0.25, 0.3) is 5.70 Å². The van der Waals surface area contributed by atoms with Crippen molar-refractivity contribution in [3.05, 3.63) is 71.0 Å². The van der Waals surface area contributed by atoms with E-state index in [1.54, 1.807) is 16.8 Å². The highest BCUT2D eigenvalue weighted by Gasteiger charge is 2.24. The highest BCUT2D eigenvalue weighted by molar-refractivity contribution is 6.30. The van der Waals surface area contributed by atoms with Crippen molar-refractivity contribution >= 4 is 23.2 Å². The van der Waals surface area contributed by atoms with E-state index < -0.39 is 0 Å². The molecule has 0 fully saturated rings. The molecule has 1 atom stereocenters. The van der Waals surface area contributed by atoms with Crippen molar-refractivity contribution < 1.29 is 9.84 Å². The normalized spacial score (nSPS) is 15.9. The molecule has 0 saturated heterocycles. The summed E-state index contributed by atoms with van der Waals surface area (Å²) in [5.74, 6) is 1.16. The highest BCUT2D eigenvalue weighted by atomic mass is 35.5. The van der Waals surface area contributed by atoms with Crippen LogP contribution in [0.5, 0.6) is 11.5 Å². The number of nitrogens with one attached hydrogen (secondary N) is 1. The molecule has 2 N–H and O–H groups in total. The summed E-state index contributed by atoms with van der Waals surface area (Å²) < 4.78 is 7.01. The van der Waals surface area contributed by atoms with Gasteiger partial charge in [0.25, 0.3) is 0 Å². The molecule has 3 aromatic rings. The first-order chi connectivity index (χ1) is 12.2. The lowest BCUT2D eigenvalue weighted by Crippen LogP contribution is -2.20. The summed E-state index contributed by atoms with van der Waals surface area (Å²) in [6.07, 6.45) is 3.56. The van der Waals surface area contributed by atoms with E-state index in [2.05, 4.69) is 21.5 Å². The van der Waals surface area contributed by atoms with Gasteiger partial charge in [-0.2, -0.15) is 10.1 Å². The monoisotopic (exact) mass is 354 g/mol. The third-order valence-electron chi connectivity index (χ3n) is 4.11. The molecule has 1 aliphatic heterocycles. The average molecular weight is 355 g/mol. The minimum absolute atomic E-state index is 0.0981. The summed E-state index contributed by atoms with van der Waals surface area (Å²) >= 11 is 5.98. The number of phenolic OH excluding ortho intramolecular Hbond substituents is 1. The van der Waals surface area contributed by atoms with Crippen LogP contribution in [-0.2, 0) is 0 Å². The van der Waals surface area contributed by atoms with E-state index in [4.69, 9.17) is 16.3 Å². The van der Waals surface area contributed by atoms with E-state index in [9.17, 15) is 5.11 Å². The largest absolute Gasteiger partial charge is 0.504 e. The molecule has 126 valence electrons. The van der Waals surface area contributed by atoms with Crippen LogP contribution in [0.15, 0.2) is 54.9 Å². The van der Waals surface area contributed by atoms with Gasteiger partial charge < -0.3 is 15.2 Å². The second kappa shape index (κ2) is 6.14. The van der Waals surface area contributed by atoms with Crippen LogP contribution in [0.2, 0.25) is 5.02 Å². The Hall–Kier alpha value is -2.99. The number of allylic oxidation sites excluding steroid dienone is 1. The van der Waals surface area contributed by atoms with Crippen molar-refractivity contribution in [3.63, 3.8) is 0 Å². The van der Waals surface area contributed by atoms with Gasteiger partial charge in [-0.05, 0) is 41.5 Å². The zero-order valence-electron chi connectivity index (χ0n) is 13.3. The van der Waals surface area contributed by atoms with Crippen LogP contribution >= 0.6 is 11.6 Å². The number of ether oxygens (including phenoxy) is 1. The number of anilines is 1. The fraction of sp³-hybridized carbons (Fsp3) is 0.111. The molecule has 7 heteroatoms. The summed E-state index contributed by atoms with van der Waals surface area (Å²) in [7, 11) is 1.52. The van der Waals surface area contributed by atoms with Crippen molar-refractivity contribution in [2.75, 3.05) is 12.4 Å². The van der Waals surface area contributed by atoms with Gasteiger partial charge in [0.1, 0.15) is 12.4 Å². The minimum atomic E-state index is -0.182. The molecule has 2 heterocycles. The number of fused-ring (bicyclic) bond motifs is 1. The summed E-state index contributed by atoms with van der Waals surface area (Å²) in [6, 6.07) is 12.7. The van der Waals surface area contributed by atoms with Crippen LogP contribution in [0, 0.1) is 0 Å². The lowest BCUT2D eigenvalue weighted by molar-refractivity contribution is 0.372. The number of phenols is 1. The number of halogens is 1. The van der Waals surface area contributed by atoms with E-state index >= 15 is 0 Å². The third kappa shape index (κ3) is 2.81. The van der Waals surface area contributed by atoms with Gasteiger partial charge in [0, 0.05) is 10.7 Å². The standard InChI is InChI=1S/C18H15ClN4O2/c1-25-17-8-12(4-7-16(17)24)15-9-14(11-2-5-13(19)6-3-11)22-18-20-10-21-23(15)18/h2-10,15,24H,1H3,(H,20,21,22)/t15-/m0/s1. The average Bonchev–Trinajstić information content (AvgIpc) is 3.10. The van der Waals surface area contributed by atoms with Gasteiger partial charge in [0.2, 0.25) is 5.95 Å². The molecule has 25 heavy (non-hydrogen) atoms. The molecular formula is C18H15ClN4O2. The minimum Gasteiger partial charge on any atom is -0.504 e. The first kappa shape index (κ1) is 15.5. The number of methoxy groups -OCH3 is 1. The van der Waals surface area contributed by atoms with E-state index in [0.29, 0.717) is 16.7 Å². The molecule has 0 bridgehead atoms. The Morgan fingerprint density at radius 1 is 1.20 bits per heavy atom. The van der Waals surface area contributed by atoms with Gasteiger partial charge >= 0.3 is 0 Å². The van der Waals surface area contributed by atoms with Gasteiger partial charge in [-0.15, -0.1) is 0 Å². The number of benzene rings is 2. The van der Waals surface area contributed by atoms with E-state index in [0.717, 1.165) is 16.8 Å². The van der Waals surface area contributed by atoms with Gasteiger partial charge in [0.15, 0.2) is 11.5 Å². The van der Waals surface area contributed by atoms with Crippen molar-refractivity contribution in [2.45, 2.75) is 6.04 Å². The van der Waals surface area contributed by atoms with Crippen LogP contribution in [0.4, 0.5) is 5.95 Å². The van der Waals surface area contributed by atoms with E-state index in [-0.39, 0.29) is 11.8 Å². The van der Waals surface area contributed by atoms with Crippen molar-refractivity contribution in [3.8, 4) is 11.5 Å². The molecule has 0 aliphatic carbocycles. The van der Waals surface area contributed by atoms with Gasteiger partial charge in [-0.1, -0.05) is 29.8 Å². The lowest BCUT2D eigenvalue weighted by atomic mass is 10.0. The molecule has 0 saturated carbocycles. The molecule has 0 radical (unpaired) electrons. The Labute approximate surface area is 149 Å². The molecule has 0 spiro atoms. The molecule has 1 aliphatic rings. The van der Waals surface area contributed by atoms with Crippen molar-refractivity contribution in [1.29, 1.82) is 0 Å². The molecule has 1 aromatic heterocycles. The van der Waals surface area contributed by atoms with E-state index in [1.165, 1.54) is 13.4 Å². The molecule has 2 aromatic carbocycles. The zero-order valence-corrected chi connectivity index (χ0v) is 14.1. The third-order valence-corrected chi connectivity index (χ3v) is 4.36. The lowest BCUT2D eigenvalue weighted by Gasteiger charge is -2.24. The Kier molecular flexibility index (Phi) is 3.82. The maximum Gasteiger partial charge on any atom is 0.226 e. The maximum atomic E-state index is 9.84. The number of nitrogens with zero attached hydrogens (tertiary/aromatic N) is 3. The summed E-state index contributed by atoms with van der Waals surface area (Å²) in [6.45, 7) is 0. The molecular weight excluding hydrogens is 340 g/mol. The molecule has 4 rings (SSSR count). The highest BCUT2D eigenvalue weighted by Crippen LogP contribution is 2.35. The second-order valence-electron chi connectivity index (χ2n) is 5.62. The zero-order chi connectivity index (χ0) is 17.4. The predicted octanol–water partition coefficient (Wildman–Crippen LogP) is 3.70. The number of hydrogen-bond acceptors (Lipinski definition) is 5. The van der Waals surface area contributed by atoms with Crippen LogP contribution in [0.3, 0.4) is 0 Å². The number of rotatable bonds is 3. The Balaban J connectivity index is 1.81.